The molecule has 1 aliphatic rings. The highest BCUT2D eigenvalue weighted by atomic mass is 15.3. The third kappa shape index (κ3) is 4.81. The van der Waals surface area contributed by atoms with Gasteiger partial charge in [-0.05, 0) is 54.7 Å². The summed E-state index contributed by atoms with van der Waals surface area (Å²) in [4.78, 5) is 21.3. The summed E-state index contributed by atoms with van der Waals surface area (Å²) in [5, 5.41) is 0. The van der Waals surface area contributed by atoms with Gasteiger partial charge in [-0.3, -0.25) is 0 Å². The zero-order chi connectivity index (χ0) is 24.7. The van der Waals surface area contributed by atoms with E-state index in [0.717, 1.165) is 67.5 Å². The Labute approximate surface area is 208 Å². The molecule has 0 radical (unpaired) electrons. The van der Waals surface area contributed by atoms with E-state index in [1.54, 1.807) is 0 Å². The molecule has 3 aromatic heterocycles. The summed E-state index contributed by atoms with van der Waals surface area (Å²) in [5.74, 6) is 2.56. The van der Waals surface area contributed by atoms with E-state index in [0.29, 0.717) is 5.92 Å². The molecule has 1 saturated heterocycles. The summed E-state index contributed by atoms with van der Waals surface area (Å²) in [6, 6.07) is 6.84. The fourth-order valence-corrected chi connectivity index (χ4v) is 5.09. The van der Waals surface area contributed by atoms with Gasteiger partial charge in [0.15, 0.2) is 5.65 Å². The molecule has 4 heterocycles. The summed E-state index contributed by atoms with van der Waals surface area (Å²) in [6.45, 7) is 14.0. The minimum atomic E-state index is 0.112. The molecule has 5 rings (SSSR count). The number of anilines is 1. The molecule has 0 saturated carbocycles. The maximum atomic E-state index is 5.14. The normalized spacial score (nSPS) is 15.3. The third-order valence-corrected chi connectivity index (χ3v) is 7.48. The summed E-state index contributed by atoms with van der Waals surface area (Å²) < 4.78 is 4.32. The highest BCUT2D eigenvalue weighted by molar-refractivity contribution is 5.75. The molecule has 1 aliphatic heterocycles. The molecule has 0 atom stereocenters. The molecule has 0 N–H and O–H groups in total. The van der Waals surface area contributed by atoms with Crippen molar-refractivity contribution < 1.29 is 0 Å². The summed E-state index contributed by atoms with van der Waals surface area (Å²) in [6.07, 6.45) is 8.86. The van der Waals surface area contributed by atoms with Crippen LogP contribution in [0.2, 0.25) is 0 Å². The van der Waals surface area contributed by atoms with Crippen molar-refractivity contribution in [2.24, 2.45) is 13.0 Å². The lowest BCUT2D eigenvalue weighted by atomic mass is 9.84. The van der Waals surface area contributed by atoms with Gasteiger partial charge in [0.1, 0.15) is 11.3 Å². The molecule has 7 nitrogen and oxygen atoms in total. The summed E-state index contributed by atoms with van der Waals surface area (Å²) >= 11 is 0. The number of rotatable bonds is 5. The van der Waals surface area contributed by atoms with Crippen LogP contribution in [-0.4, -0.2) is 42.2 Å². The van der Waals surface area contributed by atoms with E-state index in [4.69, 9.17) is 9.97 Å². The van der Waals surface area contributed by atoms with Crippen LogP contribution < -0.4 is 4.90 Å². The second-order valence-electron chi connectivity index (χ2n) is 11.1. The highest BCUT2D eigenvalue weighted by Crippen LogP contribution is 2.29. The number of hydrogen-bond donors (Lipinski definition) is 0. The monoisotopic (exact) mass is 471 g/mol. The quantitative estimate of drug-likeness (QED) is 0.411. The van der Waals surface area contributed by atoms with Crippen molar-refractivity contribution in [3.05, 3.63) is 65.1 Å². The fourth-order valence-electron chi connectivity index (χ4n) is 5.09. The van der Waals surface area contributed by atoms with E-state index in [1.165, 1.54) is 16.7 Å². The van der Waals surface area contributed by atoms with Crippen LogP contribution in [0.1, 0.15) is 61.8 Å². The van der Waals surface area contributed by atoms with Crippen molar-refractivity contribution in [1.29, 1.82) is 0 Å². The molecule has 1 fully saturated rings. The molecule has 35 heavy (non-hydrogen) atoms. The van der Waals surface area contributed by atoms with Crippen molar-refractivity contribution in [3.63, 3.8) is 0 Å². The zero-order valence-corrected chi connectivity index (χ0v) is 21.9. The first-order chi connectivity index (χ1) is 16.7. The average molecular weight is 472 g/mol. The average Bonchev–Trinajstić information content (AvgIpc) is 3.40. The Morgan fingerprint density at radius 3 is 2.49 bits per heavy atom. The van der Waals surface area contributed by atoms with Crippen LogP contribution in [0.15, 0.2) is 36.9 Å². The fraction of sp³-hybridized carbons (Fsp3) is 0.500. The van der Waals surface area contributed by atoms with E-state index in [-0.39, 0.29) is 5.41 Å². The molecule has 0 amide bonds. The number of fused-ring (bicyclic) bond motifs is 1. The molecular formula is C28H37N7. The van der Waals surface area contributed by atoms with E-state index in [1.807, 2.05) is 19.6 Å². The van der Waals surface area contributed by atoms with Gasteiger partial charge >= 0.3 is 0 Å². The minimum Gasteiger partial charge on any atom is -0.341 e. The summed E-state index contributed by atoms with van der Waals surface area (Å²) in [7, 11) is 2.03. The smallest absolute Gasteiger partial charge is 0.227 e. The molecule has 7 heteroatoms. The summed E-state index contributed by atoms with van der Waals surface area (Å²) in [5.41, 5.74) is 6.94. The first-order valence-corrected chi connectivity index (χ1v) is 12.7. The zero-order valence-electron chi connectivity index (χ0n) is 21.9. The van der Waals surface area contributed by atoms with Gasteiger partial charge in [-0.2, -0.15) is 4.98 Å². The number of imidazole rings is 2. The Bertz CT molecular complexity index is 1330. The van der Waals surface area contributed by atoms with E-state index in [2.05, 4.69) is 83.0 Å². The second kappa shape index (κ2) is 9.10. The maximum Gasteiger partial charge on any atom is 0.227 e. The van der Waals surface area contributed by atoms with Gasteiger partial charge in [0.25, 0.3) is 0 Å². The molecular weight excluding hydrogens is 434 g/mol. The number of aryl methyl sites for hydroxylation is 3. The van der Waals surface area contributed by atoms with Gasteiger partial charge in [-0.15, -0.1) is 0 Å². The standard InChI is InChI=1S/C28H37N7/c1-19-7-8-23(28(3,4)5)15-22(19)16-24-25-26(30-18-33(25)6)32-27(31-24)34-12-9-21(10-13-34)17-35-14-11-29-20(35)2/h7-8,11,14-15,18,21H,9-10,12-13,16-17H2,1-6H3. The molecule has 0 bridgehead atoms. The lowest BCUT2D eigenvalue weighted by Crippen LogP contribution is -2.36. The predicted molar refractivity (Wildman–Crippen MR) is 141 cm³/mol. The topological polar surface area (TPSA) is 64.7 Å². The molecule has 4 aromatic rings. The largest absolute Gasteiger partial charge is 0.341 e. The first kappa shape index (κ1) is 23.5. The van der Waals surface area contributed by atoms with Gasteiger partial charge in [0, 0.05) is 45.5 Å². The van der Waals surface area contributed by atoms with Crippen molar-refractivity contribution >= 4 is 17.1 Å². The molecule has 0 aliphatic carbocycles. The molecule has 184 valence electrons. The predicted octanol–water partition coefficient (Wildman–Crippen LogP) is 4.98. The Kier molecular flexibility index (Phi) is 6.11. The molecule has 1 aromatic carbocycles. The lowest BCUT2D eigenvalue weighted by molar-refractivity contribution is 0.352. The van der Waals surface area contributed by atoms with Crippen molar-refractivity contribution in [2.45, 2.75) is 65.8 Å². The lowest BCUT2D eigenvalue weighted by Gasteiger charge is -2.32. The maximum absolute atomic E-state index is 5.14. The first-order valence-electron chi connectivity index (χ1n) is 12.7. The Hall–Kier alpha value is -3.22. The number of piperidine rings is 1. The SMILES string of the molecule is Cc1ccc(C(C)(C)C)cc1Cc1nc(N2CCC(Cn3ccnc3C)CC2)nc2ncn(C)c12. The van der Waals surface area contributed by atoms with Gasteiger partial charge in [-0.25, -0.2) is 15.0 Å². The van der Waals surface area contributed by atoms with Gasteiger partial charge in [-0.1, -0.05) is 39.0 Å². The number of aromatic nitrogens is 6. The highest BCUT2D eigenvalue weighted by Gasteiger charge is 2.24. The Morgan fingerprint density at radius 1 is 1.03 bits per heavy atom. The van der Waals surface area contributed by atoms with Gasteiger partial charge < -0.3 is 14.0 Å². The van der Waals surface area contributed by atoms with Gasteiger partial charge in [0.2, 0.25) is 5.95 Å². The number of nitrogens with zero attached hydrogens (tertiary/aromatic N) is 7. The van der Waals surface area contributed by atoms with Crippen LogP contribution in [0, 0.1) is 19.8 Å². The van der Waals surface area contributed by atoms with Crippen LogP contribution >= 0.6 is 0 Å². The van der Waals surface area contributed by atoms with Crippen molar-refractivity contribution in [1.82, 2.24) is 29.1 Å². The van der Waals surface area contributed by atoms with Crippen LogP contribution in [0.5, 0.6) is 0 Å². The Balaban J connectivity index is 1.41. The number of benzene rings is 1. The van der Waals surface area contributed by atoms with E-state index < -0.39 is 0 Å². The van der Waals surface area contributed by atoms with E-state index >= 15 is 0 Å². The van der Waals surface area contributed by atoms with Crippen LogP contribution in [0.4, 0.5) is 5.95 Å². The van der Waals surface area contributed by atoms with Crippen LogP contribution in [-0.2, 0) is 25.4 Å². The van der Waals surface area contributed by atoms with Gasteiger partial charge in [0.05, 0.1) is 12.0 Å². The molecule has 0 unspecified atom stereocenters. The van der Waals surface area contributed by atoms with Crippen LogP contribution in [0.3, 0.4) is 0 Å². The minimum absolute atomic E-state index is 0.112. The second-order valence-corrected chi connectivity index (χ2v) is 11.1. The van der Waals surface area contributed by atoms with Crippen molar-refractivity contribution in [2.75, 3.05) is 18.0 Å². The molecule has 0 spiro atoms. The van der Waals surface area contributed by atoms with Crippen LogP contribution in [0.25, 0.3) is 11.2 Å². The van der Waals surface area contributed by atoms with Crippen molar-refractivity contribution in [3.8, 4) is 0 Å². The Morgan fingerprint density at radius 2 is 1.80 bits per heavy atom. The number of hydrogen-bond acceptors (Lipinski definition) is 5. The third-order valence-electron chi connectivity index (χ3n) is 7.48. The van der Waals surface area contributed by atoms with E-state index in [9.17, 15) is 0 Å².